The van der Waals surface area contributed by atoms with Crippen molar-refractivity contribution in [2.75, 3.05) is 0 Å². The number of carbonyl (C=O) groups is 1. The number of hydrogen-bond donors (Lipinski definition) is 2. The zero-order valence-electron chi connectivity index (χ0n) is 6.92. The molecule has 5 heteroatoms. The number of nitrogens with two attached hydrogens (primary N) is 2. The van der Waals surface area contributed by atoms with Crippen molar-refractivity contribution in [1.82, 2.24) is 4.90 Å². The summed E-state index contributed by atoms with van der Waals surface area (Å²) >= 11 is 0. The third kappa shape index (κ3) is 0.844. The van der Waals surface area contributed by atoms with Crippen LogP contribution in [0.2, 0.25) is 0 Å². The molecule has 0 fully saturated rings. The van der Waals surface area contributed by atoms with E-state index in [9.17, 15) is 4.79 Å². The van der Waals surface area contributed by atoms with Gasteiger partial charge in [-0.1, -0.05) is 0 Å². The maximum Gasteiger partial charge on any atom is 0.173 e. The summed E-state index contributed by atoms with van der Waals surface area (Å²) < 4.78 is 0. The molecule has 2 heterocycles. The van der Waals surface area contributed by atoms with E-state index in [4.69, 9.17) is 11.5 Å². The second kappa shape index (κ2) is 2.43. The lowest BCUT2D eigenvalue weighted by Crippen LogP contribution is -2.58. The Bertz CT molecular complexity index is 333. The molecule has 0 bridgehead atoms. The average Bonchev–Trinajstić information content (AvgIpc) is 2.47. The fraction of sp³-hybridized carbons (Fsp3) is 0.250. The van der Waals surface area contributed by atoms with Gasteiger partial charge in [-0.3, -0.25) is 4.79 Å². The Balaban J connectivity index is 2.50. The number of amidine groups is 1. The Kier molecular flexibility index (Phi) is 1.50. The van der Waals surface area contributed by atoms with E-state index in [-0.39, 0.29) is 12.0 Å². The van der Waals surface area contributed by atoms with Gasteiger partial charge in [0.2, 0.25) is 0 Å². The molecule has 0 aromatic rings. The van der Waals surface area contributed by atoms with E-state index in [1.54, 1.807) is 23.3 Å². The van der Waals surface area contributed by atoms with Crippen LogP contribution in [0.1, 0.15) is 0 Å². The third-order valence-electron chi connectivity index (χ3n) is 2.33. The van der Waals surface area contributed by atoms with Crippen LogP contribution in [0.3, 0.4) is 0 Å². The zero-order chi connectivity index (χ0) is 9.47. The average molecular weight is 178 g/mol. The fourth-order valence-corrected chi connectivity index (χ4v) is 1.56. The van der Waals surface area contributed by atoms with Crippen LogP contribution >= 0.6 is 0 Å². The normalized spacial score (nSPS) is 35.9. The summed E-state index contributed by atoms with van der Waals surface area (Å²) in [7, 11) is 0. The quantitative estimate of drug-likeness (QED) is 0.395. The fourth-order valence-electron chi connectivity index (χ4n) is 1.56. The van der Waals surface area contributed by atoms with Gasteiger partial charge in [-0.05, 0) is 12.2 Å². The molecule has 0 aromatic heterocycles. The Morgan fingerprint density at radius 1 is 1.69 bits per heavy atom. The summed E-state index contributed by atoms with van der Waals surface area (Å²) in [5, 5.41) is 0. The van der Waals surface area contributed by atoms with E-state index in [0.717, 1.165) is 6.29 Å². The first kappa shape index (κ1) is 8.00. The number of rotatable bonds is 1. The highest BCUT2D eigenvalue weighted by atomic mass is 16.1. The Hall–Kier alpha value is -1.62. The Morgan fingerprint density at radius 3 is 3.08 bits per heavy atom. The van der Waals surface area contributed by atoms with Crippen molar-refractivity contribution < 1.29 is 4.79 Å². The van der Waals surface area contributed by atoms with Crippen LogP contribution in [0.5, 0.6) is 0 Å². The predicted octanol–water partition coefficient (Wildman–Crippen LogP) is -1.08. The van der Waals surface area contributed by atoms with Crippen LogP contribution in [-0.4, -0.2) is 28.7 Å². The van der Waals surface area contributed by atoms with Crippen LogP contribution in [-0.2, 0) is 4.79 Å². The van der Waals surface area contributed by atoms with E-state index in [0.29, 0.717) is 0 Å². The minimum absolute atomic E-state index is 0.259. The molecule has 2 atom stereocenters. The molecule has 4 N–H and O–H groups in total. The molecule has 2 rings (SSSR count). The molecular formula is C8H10N4O. The third-order valence-corrected chi connectivity index (χ3v) is 2.33. The molecule has 0 saturated carbocycles. The van der Waals surface area contributed by atoms with Gasteiger partial charge >= 0.3 is 0 Å². The van der Waals surface area contributed by atoms with Crippen LogP contribution in [0.25, 0.3) is 0 Å². The van der Waals surface area contributed by atoms with Gasteiger partial charge in [0, 0.05) is 12.4 Å². The van der Waals surface area contributed by atoms with E-state index in [1.807, 2.05) is 0 Å². The highest BCUT2D eigenvalue weighted by Crippen LogP contribution is 2.26. The van der Waals surface area contributed by atoms with E-state index in [2.05, 4.69) is 4.99 Å². The maximum absolute atomic E-state index is 11.0. The Morgan fingerprint density at radius 2 is 2.46 bits per heavy atom. The lowest BCUT2D eigenvalue weighted by atomic mass is 10.00. The van der Waals surface area contributed by atoms with Gasteiger partial charge in [0.05, 0.1) is 6.17 Å². The number of fused-ring (bicyclic) bond motifs is 1. The number of aldehydes is 1. The van der Waals surface area contributed by atoms with Gasteiger partial charge in [-0.15, -0.1) is 0 Å². The highest BCUT2D eigenvalue weighted by molar-refractivity contribution is 6.07. The largest absolute Gasteiger partial charge is 0.385 e. The van der Waals surface area contributed by atoms with Gasteiger partial charge in [-0.25, -0.2) is 4.99 Å². The topological polar surface area (TPSA) is 84.7 Å². The highest BCUT2D eigenvalue weighted by Gasteiger charge is 2.44. The minimum Gasteiger partial charge on any atom is -0.385 e. The summed E-state index contributed by atoms with van der Waals surface area (Å²) in [6.45, 7) is 0. The molecule has 1 unspecified atom stereocenters. The summed E-state index contributed by atoms with van der Waals surface area (Å²) in [5.74, 6) is 0.259. The second-order valence-corrected chi connectivity index (χ2v) is 3.01. The first-order chi connectivity index (χ1) is 6.20. The molecule has 13 heavy (non-hydrogen) atoms. The SMILES string of the molecule is NC1=NC=CN2[C@H](N)C=CC12C=O. The van der Waals surface area contributed by atoms with E-state index < -0.39 is 5.54 Å². The summed E-state index contributed by atoms with van der Waals surface area (Å²) in [4.78, 5) is 16.5. The number of nitrogens with zero attached hydrogens (tertiary/aromatic N) is 2. The molecule has 0 spiro atoms. The maximum atomic E-state index is 11.0. The van der Waals surface area contributed by atoms with Gasteiger partial charge in [-0.2, -0.15) is 0 Å². The molecular weight excluding hydrogens is 168 g/mol. The molecule has 2 aliphatic heterocycles. The summed E-state index contributed by atoms with van der Waals surface area (Å²) in [6, 6.07) is 0. The van der Waals surface area contributed by atoms with Crippen LogP contribution in [0.4, 0.5) is 0 Å². The van der Waals surface area contributed by atoms with Crippen LogP contribution in [0, 0.1) is 0 Å². The summed E-state index contributed by atoms with van der Waals surface area (Å²) in [5.41, 5.74) is 10.4. The van der Waals surface area contributed by atoms with Gasteiger partial charge in [0.15, 0.2) is 11.8 Å². The molecule has 5 nitrogen and oxygen atoms in total. The van der Waals surface area contributed by atoms with E-state index in [1.165, 1.54) is 6.20 Å². The molecule has 0 radical (unpaired) electrons. The van der Waals surface area contributed by atoms with Crippen molar-refractivity contribution in [3.8, 4) is 0 Å². The van der Waals surface area contributed by atoms with Crippen LogP contribution < -0.4 is 11.5 Å². The van der Waals surface area contributed by atoms with Crippen molar-refractivity contribution in [1.29, 1.82) is 0 Å². The lowest BCUT2D eigenvalue weighted by Gasteiger charge is -2.35. The van der Waals surface area contributed by atoms with Gasteiger partial charge in [0.1, 0.15) is 5.84 Å². The van der Waals surface area contributed by atoms with Crippen molar-refractivity contribution in [2.24, 2.45) is 16.5 Å². The van der Waals surface area contributed by atoms with Crippen molar-refractivity contribution in [2.45, 2.75) is 11.7 Å². The van der Waals surface area contributed by atoms with Crippen molar-refractivity contribution in [3.63, 3.8) is 0 Å². The van der Waals surface area contributed by atoms with Crippen molar-refractivity contribution >= 4 is 12.1 Å². The van der Waals surface area contributed by atoms with Crippen molar-refractivity contribution in [3.05, 3.63) is 24.6 Å². The first-order valence-corrected chi connectivity index (χ1v) is 3.91. The smallest absolute Gasteiger partial charge is 0.173 e. The monoisotopic (exact) mass is 178 g/mol. The first-order valence-electron chi connectivity index (χ1n) is 3.91. The minimum atomic E-state index is -0.950. The molecule has 0 aliphatic carbocycles. The van der Waals surface area contributed by atoms with Gasteiger partial charge in [0.25, 0.3) is 0 Å². The number of aliphatic imine (C=N–C) groups is 1. The predicted molar refractivity (Wildman–Crippen MR) is 48.5 cm³/mol. The molecule has 0 saturated heterocycles. The number of carbonyl (C=O) groups excluding carboxylic acids is 1. The second-order valence-electron chi connectivity index (χ2n) is 3.01. The zero-order valence-corrected chi connectivity index (χ0v) is 6.92. The lowest BCUT2D eigenvalue weighted by molar-refractivity contribution is -0.112. The summed E-state index contributed by atoms with van der Waals surface area (Å²) in [6.07, 6.45) is 7.04. The Labute approximate surface area is 75.4 Å². The molecule has 0 aromatic carbocycles. The standard InChI is InChI=1S/C8H10N4O/c9-6-1-2-8(5-13)7(10)11-3-4-12(6)8/h1-6H,9H2,(H2,10,11)/t6-,8?/m0/s1. The van der Waals surface area contributed by atoms with Crippen LogP contribution in [0.15, 0.2) is 29.5 Å². The molecule has 68 valence electrons. The number of hydrogen-bond acceptors (Lipinski definition) is 5. The molecule has 0 amide bonds. The van der Waals surface area contributed by atoms with E-state index >= 15 is 0 Å². The van der Waals surface area contributed by atoms with Gasteiger partial charge < -0.3 is 16.4 Å². The molecule has 2 aliphatic rings.